The summed E-state index contributed by atoms with van der Waals surface area (Å²) in [5, 5.41) is 9.54. The van der Waals surface area contributed by atoms with Crippen LogP contribution in [0.25, 0.3) is 0 Å². The Labute approximate surface area is 83.6 Å². The van der Waals surface area contributed by atoms with Crippen molar-refractivity contribution in [3.63, 3.8) is 0 Å². The Morgan fingerprint density at radius 2 is 2.21 bits per heavy atom. The second kappa shape index (κ2) is 3.92. The summed E-state index contributed by atoms with van der Waals surface area (Å²) in [6.45, 7) is 3.60. The van der Waals surface area contributed by atoms with Gasteiger partial charge in [0.15, 0.2) is 0 Å². The summed E-state index contributed by atoms with van der Waals surface area (Å²) in [6, 6.07) is 0. The summed E-state index contributed by atoms with van der Waals surface area (Å²) < 4.78 is 0. The molecular formula is C10H15N3O. The van der Waals surface area contributed by atoms with Gasteiger partial charge in [-0.1, -0.05) is 0 Å². The van der Waals surface area contributed by atoms with E-state index in [-0.39, 0.29) is 6.10 Å². The molecule has 1 unspecified atom stereocenters. The number of rotatable bonds is 1. The number of hydrogen-bond donors (Lipinski definition) is 1. The molecule has 1 atom stereocenters. The van der Waals surface area contributed by atoms with Crippen LogP contribution in [0.2, 0.25) is 0 Å². The molecule has 1 aliphatic heterocycles. The molecule has 0 aromatic carbocycles. The van der Waals surface area contributed by atoms with Gasteiger partial charge in [-0.2, -0.15) is 0 Å². The fourth-order valence-corrected chi connectivity index (χ4v) is 1.86. The van der Waals surface area contributed by atoms with E-state index in [1.54, 1.807) is 12.4 Å². The van der Waals surface area contributed by atoms with Gasteiger partial charge in [-0.3, -0.25) is 4.98 Å². The van der Waals surface area contributed by atoms with Gasteiger partial charge < -0.3 is 10.0 Å². The van der Waals surface area contributed by atoms with E-state index in [1.165, 1.54) is 0 Å². The van der Waals surface area contributed by atoms with Crippen molar-refractivity contribution in [1.82, 2.24) is 9.97 Å². The molecule has 1 fully saturated rings. The zero-order chi connectivity index (χ0) is 9.97. The molecule has 0 radical (unpaired) electrons. The van der Waals surface area contributed by atoms with Crippen LogP contribution < -0.4 is 4.90 Å². The molecule has 2 heterocycles. The number of piperidine rings is 1. The second-order valence-electron chi connectivity index (χ2n) is 3.71. The molecule has 0 amide bonds. The molecule has 4 heteroatoms. The summed E-state index contributed by atoms with van der Waals surface area (Å²) in [5.41, 5.74) is 0.932. The van der Waals surface area contributed by atoms with Gasteiger partial charge in [0.25, 0.3) is 0 Å². The average Bonchev–Trinajstić information content (AvgIpc) is 2.18. The normalized spacial score (nSPS) is 22.4. The predicted octanol–water partition coefficient (Wildman–Crippen LogP) is 0.746. The van der Waals surface area contributed by atoms with Gasteiger partial charge in [0, 0.05) is 25.5 Å². The first-order chi connectivity index (χ1) is 6.77. The van der Waals surface area contributed by atoms with Crippen LogP contribution in [0, 0.1) is 6.92 Å². The monoisotopic (exact) mass is 193 g/mol. The van der Waals surface area contributed by atoms with Crippen molar-refractivity contribution >= 4 is 5.82 Å². The quantitative estimate of drug-likeness (QED) is 0.715. The number of aliphatic hydroxyl groups excluding tert-OH is 1. The molecule has 1 aromatic heterocycles. The first-order valence-electron chi connectivity index (χ1n) is 4.98. The Kier molecular flexibility index (Phi) is 2.63. The minimum atomic E-state index is -0.217. The van der Waals surface area contributed by atoms with E-state index in [0.29, 0.717) is 6.54 Å². The van der Waals surface area contributed by atoms with Crippen LogP contribution in [-0.2, 0) is 0 Å². The van der Waals surface area contributed by atoms with Crippen molar-refractivity contribution in [3.05, 3.63) is 18.1 Å². The van der Waals surface area contributed by atoms with E-state index in [9.17, 15) is 5.11 Å². The summed E-state index contributed by atoms with van der Waals surface area (Å²) in [7, 11) is 0. The van der Waals surface area contributed by atoms with Gasteiger partial charge in [-0.15, -0.1) is 0 Å². The van der Waals surface area contributed by atoms with Crippen molar-refractivity contribution < 1.29 is 5.11 Å². The zero-order valence-electron chi connectivity index (χ0n) is 8.35. The standard InChI is InChI=1S/C10H15N3O/c1-8-10(12-5-4-11-8)13-6-2-3-9(14)7-13/h4-5,9,14H,2-3,6-7H2,1H3. The lowest BCUT2D eigenvalue weighted by Gasteiger charge is -2.31. The lowest BCUT2D eigenvalue weighted by atomic mass is 10.1. The van der Waals surface area contributed by atoms with Crippen molar-refractivity contribution in [2.24, 2.45) is 0 Å². The lowest BCUT2D eigenvalue weighted by Crippen LogP contribution is -2.39. The van der Waals surface area contributed by atoms with E-state index in [2.05, 4.69) is 14.9 Å². The van der Waals surface area contributed by atoms with Crippen LogP contribution in [0.3, 0.4) is 0 Å². The number of hydrogen-bond acceptors (Lipinski definition) is 4. The molecule has 0 saturated carbocycles. The third kappa shape index (κ3) is 1.85. The topological polar surface area (TPSA) is 49.2 Å². The molecule has 0 aliphatic carbocycles. The summed E-state index contributed by atoms with van der Waals surface area (Å²) in [4.78, 5) is 10.6. The van der Waals surface area contributed by atoms with Crippen LogP contribution in [0.1, 0.15) is 18.5 Å². The highest BCUT2D eigenvalue weighted by Gasteiger charge is 2.19. The number of aliphatic hydroxyl groups is 1. The number of aromatic nitrogens is 2. The van der Waals surface area contributed by atoms with Crippen molar-refractivity contribution in [1.29, 1.82) is 0 Å². The van der Waals surface area contributed by atoms with Gasteiger partial charge in [-0.25, -0.2) is 4.98 Å². The van der Waals surface area contributed by atoms with Crippen LogP contribution in [0.4, 0.5) is 5.82 Å². The SMILES string of the molecule is Cc1nccnc1N1CCCC(O)C1. The highest BCUT2D eigenvalue weighted by molar-refractivity contribution is 5.42. The van der Waals surface area contributed by atoms with Crippen LogP contribution in [0.15, 0.2) is 12.4 Å². The Morgan fingerprint density at radius 1 is 1.43 bits per heavy atom. The van der Waals surface area contributed by atoms with Gasteiger partial charge in [0.05, 0.1) is 11.8 Å². The average molecular weight is 193 g/mol. The Balaban J connectivity index is 2.18. The predicted molar refractivity (Wildman–Crippen MR) is 54.2 cm³/mol. The van der Waals surface area contributed by atoms with Crippen LogP contribution in [0.5, 0.6) is 0 Å². The van der Waals surface area contributed by atoms with Crippen LogP contribution in [-0.4, -0.2) is 34.3 Å². The molecule has 1 saturated heterocycles. The maximum atomic E-state index is 9.54. The van der Waals surface area contributed by atoms with E-state index in [0.717, 1.165) is 30.9 Å². The van der Waals surface area contributed by atoms with E-state index >= 15 is 0 Å². The molecule has 1 aromatic rings. The molecule has 0 spiro atoms. The fourth-order valence-electron chi connectivity index (χ4n) is 1.86. The molecule has 4 nitrogen and oxygen atoms in total. The smallest absolute Gasteiger partial charge is 0.150 e. The molecule has 1 N–H and O–H groups in total. The maximum absolute atomic E-state index is 9.54. The summed E-state index contributed by atoms with van der Waals surface area (Å²) in [5.74, 6) is 0.909. The third-order valence-corrected chi connectivity index (χ3v) is 2.55. The maximum Gasteiger partial charge on any atom is 0.150 e. The molecule has 76 valence electrons. The fraction of sp³-hybridized carbons (Fsp3) is 0.600. The van der Waals surface area contributed by atoms with E-state index < -0.39 is 0 Å². The molecule has 14 heavy (non-hydrogen) atoms. The second-order valence-corrected chi connectivity index (χ2v) is 3.71. The minimum absolute atomic E-state index is 0.217. The third-order valence-electron chi connectivity index (χ3n) is 2.55. The summed E-state index contributed by atoms with van der Waals surface area (Å²) in [6.07, 6.45) is 5.10. The first kappa shape index (κ1) is 9.40. The molecule has 2 rings (SSSR count). The highest BCUT2D eigenvalue weighted by atomic mass is 16.3. The largest absolute Gasteiger partial charge is 0.391 e. The van der Waals surface area contributed by atoms with Crippen molar-refractivity contribution in [3.8, 4) is 0 Å². The Morgan fingerprint density at radius 3 is 2.93 bits per heavy atom. The minimum Gasteiger partial charge on any atom is -0.391 e. The Bertz CT molecular complexity index is 316. The number of anilines is 1. The molecule has 0 bridgehead atoms. The Hall–Kier alpha value is -1.16. The van der Waals surface area contributed by atoms with Crippen molar-refractivity contribution in [2.45, 2.75) is 25.9 Å². The van der Waals surface area contributed by atoms with Gasteiger partial charge >= 0.3 is 0 Å². The van der Waals surface area contributed by atoms with Crippen molar-refractivity contribution in [2.75, 3.05) is 18.0 Å². The number of nitrogens with zero attached hydrogens (tertiary/aromatic N) is 3. The molecular weight excluding hydrogens is 178 g/mol. The number of aryl methyl sites for hydroxylation is 1. The zero-order valence-corrected chi connectivity index (χ0v) is 8.35. The molecule has 1 aliphatic rings. The summed E-state index contributed by atoms with van der Waals surface area (Å²) >= 11 is 0. The van der Waals surface area contributed by atoms with E-state index in [1.807, 2.05) is 6.92 Å². The van der Waals surface area contributed by atoms with Crippen LogP contribution >= 0.6 is 0 Å². The first-order valence-corrected chi connectivity index (χ1v) is 4.98. The lowest BCUT2D eigenvalue weighted by molar-refractivity contribution is 0.154. The van der Waals surface area contributed by atoms with E-state index in [4.69, 9.17) is 0 Å². The highest BCUT2D eigenvalue weighted by Crippen LogP contribution is 2.19. The van der Waals surface area contributed by atoms with Gasteiger partial charge in [0.1, 0.15) is 5.82 Å². The van der Waals surface area contributed by atoms with Gasteiger partial charge in [0.2, 0.25) is 0 Å². The van der Waals surface area contributed by atoms with Gasteiger partial charge in [-0.05, 0) is 19.8 Å². The number of β-amino-alcohol motifs (C(OH)–C–C–N with tert-alkyl or cyclic N) is 1.